The zero-order valence-electron chi connectivity index (χ0n) is 15.8. The Bertz CT molecular complexity index is 882. The van der Waals surface area contributed by atoms with Gasteiger partial charge in [0.05, 0.1) is 11.8 Å². The van der Waals surface area contributed by atoms with Gasteiger partial charge in [0.25, 0.3) is 0 Å². The number of rotatable bonds is 8. The molecule has 3 N–H and O–H groups in total. The number of hydrogen-bond acceptors (Lipinski definition) is 5. The first-order valence-electron chi connectivity index (χ1n) is 8.72. The first kappa shape index (κ1) is 20.9. The number of nitrogens with two attached hydrogens (primary N) is 1. The number of ether oxygens (including phenoxy) is 1. The molecule has 0 aliphatic heterocycles. The summed E-state index contributed by atoms with van der Waals surface area (Å²) >= 11 is 0. The second kappa shape index (κ2) is 9.01. The Morgan fingerprint density at radius 2 is 1.85 bits per heavy atom. The van der Waals surface area contributed by atoms with E-state index in [1.165, 1.54) is 0 Å². The molecule has 0 fully saturated rings. The van der Waals surface area contributed by atoms with Crippen molar-refractivity contribution in [3.8, 4) is 5.75 Å². The first-order valence-corrected chi connectivity index (χ1v) is 10.8. The van der Waals surface area contributed by atoms with Crippen molar-refractivity contribution in [2.24, 2.45) is 5.73 Å². The number of anilines is 1. The number of sulfone groups is 1. The molecule has 6 nitrogen and oxygen atoms in total. The maximum absolute atomic E-state index is 12.2. The van der Waals surface area contributed by atoms with Gasteiger partial charge in [-0.05, 0) is 49.6 Å². The summed E-state index contributed by atoms with van der Waals surface area (Å²) in [5, 5.41) is 2.74. The van der Waals surface area contributed by atoms with Crippen LogP contribution in [0.15, 0.2) is 48.5 Å². The number of hydrogen-bond donors (Lipinski definition) is 2. The van der Waals surface area contributed by atoms with E-state index in [0.29, 0.717) is 11.4 Å². The van der Waals surface area contributed by atoms with Crippen LogP contribution in [0.1, 0.15) is 30.6 Å². The number of nitrogens with one attached hydrogen (secondary N) is 1. The van der Waals surface area contributed by atoms with Crippen LogP contribution >= 0.6 is 0 Å². The summed E-state index contributed by atoms with van der Waals surface area (Å²) in [7, 11) is -3.15. The van der Waals surface area contributed by atoms with Gasteiger partial charge in [0.1, 0.15) is 21.7 Å². The van der Waals surface area contributed by atoms with Crippen LogP contribution in [0.25, 0.3) is 0 Å². The molecular formula is C20H26N2O4S. The summed E-state index contributed by atoms with van der Waals surface area (Å²) < 4.78 is 28.4. The standard InChI is InChI=1S/C20H26N2O4S/c1-14-13-17(26-15(2)16-7-5-4-6-8-16)9-10-19(14)22-20(23)18(21)11-12-27(3,24)25/h4-10,13,15,18H,11-12,21H2,1-3H3,(H,22,23). The second-order valence-electron chi connectivity index (χ2n) is 6.66. The van der Waals surface area contributed by atoms with Crippen molar-refractivity contribution in [2.45, 2.75) is 32.4 Å². The minimum absolute atomic E-state index is 0.0828. The number of amides is 1. The third-order valence-corrected chi connectivity index (χ3v) is 5.15. The van der Waals surface area contributed by atoms with Gasteiger partial charge < -0.3 is 15.8 Å². The minimum atomic E-state index is -3.15. The molecule has 7 heteroatoms. The molecule has 0 radical (unpaired) electrons. The van der Waals surface area contributed by atoms with Crippen molar-refractivity contribution in [3.63, 3.8) is 0 Å². The summed E-state index contributed by atoms with van der Waals surface area (Å²) in [4.78, 5) is 12.2. The second-order valence-corrected chi connectivity index (χ2v) is 8.92. The highest BCUT2D eigenvalue weighted by molar-refractivity contribution is 7.90. The van der Waals surface area contributed by atoms with Crippen molar-refractivity contribution < 1.29 is 17.9 Å². The van der Waals surface area contributed by atoms with E-state index in [1.54, 1.807) is 12.1 Å². The number of carbonyl (C=O) groups is 1. The quantitative estimate of drug-likeness (QED) is 0.722. The van der Waals surface area contributed by atoms with E-state index in [0.717, 1.165) is 17.4 Å². The third-order valence-electron chi connectivity index (χ3n) is 4.17. The maximum atomic E-state index is 12.2. The van der Waals surface area contributed by atoms with Crippen molar-refractivity contribution in [3.05, 3.63) is 59.7 Å². The van der Waals surface area contributed by atoms with Crippen LogP contribution in [0.3, 0.4) is 0 Å². The van der Waals surface area contributed by atoms with Crippen LogP contribution in [-0.4, -0.2) is 32.4 Å². The minimum Gasteiger partial charge on any atom is -0.486 e. The molecule has 0 aliphatic rings. The van der Waals surface area contributed by atoms with Crippen LogP contribution in [0.2, 0.25) is 0 Å². The molecule has 146 valence electrons. The van der Waals surface area contributed by atoms with Gasteiger partial charge >= 0.3 is 0 Å². The van der Waals surface area contributed by atoms with Crippen LogP contribution in [0, 0.1) is 6.92 Å². The lowest BCUT2D eigenvalue weighted by atomic mass is 10.1. The van der Waals surface area contributed by atoms with Gasteiger partial charge in [-0.1, -0.05) is 30.3 Å². The number of benzene rings is 2. The molecule has 1 amide bonds. The molecular weight excluding hydrogens is 364 g/mol. The number of carbonyl (C=O) groups excluding carboxylic acids is 1. The normalized spacial score (nSPS) is 13.6. The van der Waals surface area contributed by atoms with Crippen LogP contribution in [0.4, 0.5) is 5.69 Å². The van der Waals surface area contributed by atoms with Gasteiger partial charge in [-0.15, -0.1) is 0 Å². The molecule has 0 aromatic heterocycles. The molecule has 0 aliphatic carbocycles. The Balaban J connectivity index is 1.98. The Hall–Kier alpha value is -2.38. The van der Waals surface area contributed by atoms with Crippen LogP contribution < -0.4 is 15.8 Å². The van der Waals surface area contributed by atoms with E-state index in [1.807, 2.05) is 50.2 Å². The van der Waals surface area contributed by atoms with Crippen molar-refractivity contribution in [1.82, 2.24) is 0 Å². The van der Waals surface area contributed by atoms with Crippen LogP contribution in [0.5, 0.6) is 5.75 Å². The smallest absolute Gasteiger partial charge is 0.241 e. The summed E-state index contributed by atoms with van der Waals surface area (Å²) in [5.74, 6) is 0.168. The zero-order valence-corrected chi connectivity index (χ0v) is 16.6. The molecule has 27 heavy (non-hydrogen) atoms. The molecule has 2 unspecified atom stereocenters. The predicted octanol–water partition coefficient (Wildman–Crippen LogP) is 2.84. The Morgan fingerprint density at radius 3 is 2.44 bits per heavy atom. The van der Waals surface area contributed by atoms with E-state index in [4.69, 9.17) is 10.5 Å². The monoisotopic (exact) mass is 390 g/mol. The molecule has 2 atom stereocenters. The average Bonchev–Trinajstić information content (AvgIpc) is 2.62. The van der Waals surface area contributed by atoms with Gasteiger partial charge in [-0.2, -0.15) is 0 Å². The molecule has 0 heterocycles. The number of aryl methyl sites for hydroxylation is 1. The molecule has 2 aromatic rings. The zero-order chi connectivity index (χ0) is 20.0. The molecule has 0 saturated heterocycles. The highest BCUT2D eigenvalue weighted by atomic mass is 32.2. The highest BCUT2D eigenvalue weighted by Crippen LogP contribution is 2.26. The molecule has 0 bridgehead atoms. The van der Waals surface area contributed by atoms with Gasteiger partial charge in [0.2, 0.25) is 5.91 Å². The SMILES string of the molecule is Cc1cc(OC(C)c2ccccc2)ccc1NC(=O)C(N)CCS(C)(=O)=O. The fourth-order valence-electron chi connectivity index (χ4n) is 2.54. The highest BCUT2D eigenvalue weighted by Gasteiger charge is 2.17. The van der Waals surface area contributed by atoms with Gasteiger partial charge in [0, 0.05) is 11.9 Å². The van der Waals surface area contributed by atoms with E-state index in [9.17, 15) is 13.2 Å². The van der Waals surface area contributed by atoms with E-state index in [-0.39, 0.29) is 18.3 Å². The molecule has 2 rings (SSSR count). The van der Waals surface area contributed by atoms with E-state index < -0.39 is 21.8 Å². The molecule has 0 spiro atoms. The third kappa shape index (κ3) is 6.69. The van der Waals surface area contributed by atoms with E-state index >= 15 is 0 Å². The molecule has 2 aromatic carbocycles. The topological polar surface area (TPSA) is 98.5 Å². The van der Waals surface area contributed by atoms with Crippen LogP contribution in [-0.2, 0) is 14.6 Å². The molecule has 0 saturated carbocycles. The van der Waals surface area contributed by atoms with Crippen molar-refractivity contribution in [2.75, 3.05) is 17.3 Å². The lowest BCUT2D eigenvalue weighted by Crippen LogP contribution is -2.37. The average molecular weight is 391 g/mol. The lowest BCUT2D eigenvalue weighted by molar-refractivity contribution is -0.117. The summed E-state index contributed by atoms with van der Waals surface area (Å²) in [6.45, 7) is 3.83. The Kier molecular flexibility index (Phi) is 6.98. The Morgan fingerprint density at radius 1 is 1.19 bits per heavy atom. The fourth-order valence-corrected chi connectivity index (χ4v) is 3.23. The maximum Gasteiger partial charge on any atom is 0.241 e. The Labute approximate surface area is 160 Å². The summed E-state index contributed by atoms with van der Waals surface area (Å²) in [6, 6.07) is 14.4. The van der Waals surface area contributed by atoms with Gasteiger partial charge in [-0.25, -0.2) is 8.42 Å². The van der Waals surface area contributed by atoms with Crippen molar-refractivity contribution >= 4 is 21.4 Å². The van der Waals surface area contributed by atoms with Crippen molar-refractivity contribution in [1.29, 1.82) is 0 Å². The van der Waals surface area contributed by atoms with E-state index in [2.05, 4.69) is 5.32 Å². The summed E-state index contributed by atoms with van der Waals surface area (Å²) in [6.07, 6.45) is 1.10. The van der Waals surface area contributed by atoms with Gasteiger partial charge in [0.15, 0.2) is 0 Å². The van der Waals surface area contributed by atoms with Gasteiger partial charge in [-0.3, -0.25) is 4.79 Å². The largest absolute Gasteiger partial charge is 0.486 e. The lowest BCUT2D eigenvalue weighted by Gasteiger charge is -2.17. The fraction of sp³-hybridized carbons (Fsp3) is 0.350. The first-order chi connectivity index (χ1) is 12.7. The predicted molar refractivity (Wildman–Crippen MR) is 108 cm³/mol. The summed E-state index contributed by atoms with van der Waals surface area (Å²) in [5.41, 5.74) is 8.30.